The van der Waals surface area contributed by atoms with Crippen molar-refractivity contribution in [2.24, 2.45) is 0 Å². The lowest BCUT2D eigenvalue weighted by atomic mass is 10.1. The molecule has 0 unspecified atom stereocenters. The standard InChI is InChI=1S/C26H33F2N7O3S/c1-16(2)33(3)9-10-34(4)19-5-6-21(23(29)14-19)26(36)30-25-22-15-35(8-7-24(22)31-32-25)39(37,38)20-12-17(27)11-18(28)13-20/h5-6,11-14,16H,7-10,15,29H2,1-4H3,(H2,30,31,32,36). The Labute approximate surface area is 226 Å². The van der Waals surface area contributed by atoms with E-state index in [1.807, 2.05) is 13.1 Å². The van der Waals surface area contributed by atoms with Gasteiger partial charge in [0.05, 0.1) is 10.5 Å². The van der Waals surface area contributed by atoms with Crippen molar-refractivity contribution in [2.75, 3.05) is 49.7 Å². The zero-order chi connectivity index (χ0) is 28.5. The molecular weight excluding hydrogens is 528 g/mol. The summed E-state index contributed by atoms with van der Waals surface area (Å²) >= 11 is 0. The minimum Gasteiger partial charge on any atom is -0.398 e. The maximum atomic E-state index is 13.7. The molecule has 39 heavy (non-hydrogen) atoms. The summed E-state index contributed by atoms with van der Waals surface area (Å²) < 4.78 is 54.6. The number of benzene rings is 2. The van der Waals surface area contributed by atoms with E-state index in [9.17, 15) is 22.0 Å². The largest absolute Gasteiger partial charge is 0.398 e. The van der Waals surface area contributed by atoms with Crippen LogP contribution in [0.1, 0.15) is 35.5 Å². The Morgan fingerprint density at radius 3 is 2.49 bits per heavy atom. The summed E-state index contributed by atoms with van der Waals surface area (Å²) in [5.41, 5.74) is 8.77. The average Bonchev–Trinajstić information content (AvgIpc) is 3.28. The number of nitrogen functional groups attached to an aromatic ring is 1. The second-order valence-corrected chi connectivity index (χ2v) is 11.9. The number of sulfonamides is 1. The second kappa shape index (κ2) is 11.3. The molecule has 2 aromatic carbocycles. The van der Waals surface area contributed by atoms with Crippen LogP contribution in [0.2, 0.25) is 0 Å². The predicted molar refractivity (Wildman–Crippen MR) is 146 cm³/mol. The van der Waals surface area contributed by atoms with Gasteiger partial charge in [-0.15, -0.1) is 0 Å². The Hall–Kier alpha value is -3.55. The molecule has 2 heterocycles. The number of fused-ring (bicyclic) bond motifs is 1. The van der Waals surface area contributed by atoms with E-state index in [-0.39, 0.29) is 36.6 Å². The van der Waals surface area contributed by atoms with E-state index < -0.39 is 32.5 Å². The summed E-state index contributed by atoms with van der Waals surface area (Å²) in [6.45, 7) is 5.85. The number of aromatic nitrogens is 2. The molecule has 0 saturated heterocycles. The fourth-order valence-electron chi connectivity index (χ4n) is 4.27. The van der Waals surface area contributed by atoms with Crippen LogP contribution in [0.25, 0.3) is 0 Å². The van der Waals surface area contributed by atoms with E-state index in [1.54, 1.807) is 12.1 Å². The zero-order valence-corrected chi connectivity index (χ0v) is 23.1. The van der Waals surface area contributed by atoms with Crippen molar-refractivity contribution < 1.29 is 22.0 Å². The van der Waals surface area contributed by atoms with Gasteiger partial charge in [-0.2, -0.15) is 9.40 Å². The molecule has 1 aliphatic rings. The molecule has 3 aromatic rings. The lowest BCUT2D eigenvalue weighted by Crippen LogP contribution is -2.36. The molecule has 13 heteroatoms. The third-order valence-corrected chi connectivity index (χ3v) is 8.82. The predicted octanol–water partition coefficient (Wildman–Crippen LogP) is 3.05. The Morgan fingerprint density at radius 1 is 1.15 bits per heavy atom. The molecule has 0 radical (unpaired) electrons. The van der Waals surface area contributed by atoms with Gasteiger partial charge in [0.1, 0.15) is 11.6 Å². The third kappa shape index (κ3) is 6.21. The number of rotatable bonds is 9. The summed E-state index contributed by atoms with van der Waals surface area (Å²) in [7, 11) is -0.174. The van der Waals surface area contributed by atoms with Crippen molar-refractivity contribution in [3.8, 4) is 0 Å². The van der Waals surface area contributed by atoms with Crippen LogP contribution in [0, 0.1) is 11.6 Å². The number of likely N-dealkylation sites (N-methyl/N-ethyl adjacent to an activating group) is 2. The van der Waals surface area contributed by atoms with Gasteiger partial charge in [0, 0.05) is 74.4 Å². The molecule has 210 valence electrons. The number of H-pyrrole nitrogens is 1. The quantitative estimate of drug-likeness (QED) is 0.343. The molecule has 0 saturated carbocycles. The number of nitrogens with two attached hydrogens (primary N) is 1. The zero-order valence-electron chi connectivity index (χ0n) is 22.3. The highest BCUT2D eigenvalue weighted by molar-refractivity contribution is 7.89. The van der Waals surface area contributed by atoms with Gasteiger partial charge in [-0.1, -0.05) is 0 Å². The van der Waals surface area contributed by atoms with Gasteiger partial charge in [0.25, 0.3) is 5.91 Å². The molecule has 0 fully saturated rings. The monoisotopic (exact) mass is 561 g/mol. The first-order valence-corrected chi connectivity index (χ1v) is 14.0. The van der Waals surface area contributed by atoms with Crippen LogP contribution < -0.4 is 16.0 Å². The fourth-order valence-corrected chi connectivity index (χ4v) is 5.72. The van der Waals surface area contributed by atoms with Gasteiger partial charge in [-0.05, 0) is 51.2 Å². The SMILES string of the molecule is CC(C)N(C)CCN(C)c1ccc(C(=O)Nc2n[nH]c3c2CN(S(=O)(=O)c2cc(F)cc(F)c2)CC3)c(N)c1. The molecule has 1 aliphatic heterocycles. The van der Waals surface area contributed by atoms with Crippen LogP contribution in [0.3, 0.4) is 0 Å². The lowest BCUT2D eigenvalue weighted by molar-refractivity contribution is 0.102. The number of nitrogens with one attached hydrogen (secondary N) is 2. The van der Waals surface area contributed by atoms with Crippen LogP contribution in [0.4, 0.5) is 26.0 Å². The number of nitrogens with zero attached hydrogens (tertiary/aromatic N) is 4. The normalized spacial score (nSPS) is 14.1. The van der Waals surface area contributed by atoms with Crippen molar-refractivity contribution in [3.05, 3.63) is 64.9 Å². The van der Waals surface area contributed by atoms with Crippen LogP contribution in [0.15, 0.2) is 41.3 Å². The van der Waals surface area contributed by atoms with Gasteiger partial charge < -0.3 is 20.9 Å². The Balaban J connectivity index is 1.48. The fraction of sp³-hybridized carbons (Fsp3) is 0.385. The first-order chi connectivity index (χ1) is 18.4. The molecule has 10 nitrogen and oxygen atoms in total. The minimum absolute atomic E-state index is 0.0813. The van der Waals surface area contributed by atoms with Gasteiger partial charge in [-0.25, -0.2) is 17.2 Å². The third-order valence-electron chi connectivity index (χ3n) is 6.99. The Morgan fingerprint density at radius 2 is 1.85 bits per heavy atom. The molecule has 4 N–H and O–H groups in total. The number of amides is 1. The molecule has 0 atom stereocenters. The van der Waals surface area contributed by atoms with E-state index in [1.165, 1.54) is 0 Å². The second-order valence-electron chi connectivity index (χ2n) is 9.94. The van der Waals surface area contributed by atoms with Crippen LogP contribution >= 0.6 is 0 Å². The van der Waals surface area contributed by atoms with Crippen LogP contribution in [0.5, 0.6) is 0 Å². The van der Waals surface area contributed by atoms with E-state index in [4.69, 9.17) is 5.73 Å². The highest BCUT2D eigenvalue weighted by Gasteiger charge is 2.32. The van der Waals surface area contributed by atoms with Crippen LogP contribution in [-0.4, -0.2) is 73.5 Å². The van der Waals surface area contributed by atoms with Crippen molar-refractivity contribution in [1.29, 1.82) is 0 Å². The first-order valence-electron chi connectivity index (χ1n) is 12.5. The summed E-state index contributed by atoms with van der Waals surface area (Å²) in [5.74, 6) is -2.30. The van der Waals surface area contributed by atoms with Crippen molar-refractivity contribution in [3.63, 3.8) is 0 Å². The summed E-state index contributed by atoms with van der Waals surface area (Å²) in [6, 6.07) is 7.77. The van der Waals surface area contributed by atoms with Gasteiger partial charge >= 0.3 is 0 Å². The van der Waals surface area contributed by atoms with Gasteiger partial charge in [0.2, 0.25) is 10.0 Å². The van der Waals surface area contributed by atoms with E-state index in [0.717, 1.165) is 35.2 Å². The average molecular weight is 562 g/mol. The molecule has 0 aliphatic carbocycles. The maximum absolute atomic E-state index is 13.7. The van der Waals surface area contributed by atoms with Crippen molar-refractivity contribution >= 4 is 33.1 Å². The molecular formula is C26H33F2N7O3S. The number of halogens is 2. The Kier molecular flexibility index (Phi) is 8.23. The molecule has 1 aromatic heterocycles. The molecule has 4 rings (SSSR count). The first kappa shape index (κ1) is 28.5. The number of aromatic amines is 1. The van der Waals surface area contributed by atoms with Gasteiger partial charge in [-0.3, -0.25) is 9.89 Å². The topological polar surface area (TPSA) is 128 Å². The highest BCUT2D eigenvalue weighted by atomic mass is 32.2. The minimum atomic E-state index is -4.19. The number of hydrogen-bond donors (Lipinski definition) is 3. The van der Waals surface area contributed by atoms with Crippen molar-refractivity contribution in [1.82, 2.24) is 19.4 Å². The molecule has 0 spiro atoms. The summed E-state index contributed by atoms with van der Waals surface area (Å²) in [4.78, 5) is 16.9. The summed E-state index contributed by atoms with van der Waals surface area (Å²) in [5, 5.41) is 9.71. The number of hydrogen-bond acceptors (Lipinski definition) is 7. The highest BCUT2D eigenvalue weighted by Crippen LogP contribution is 2.30. The Bertz CT molecular complexity index is 1460. The number of carbonyl (C=O) groups is 1. The molecule has 1 amide bonds. The van der Waals surface area contributed by atoms with E-state index in [0.29, 0.717) is 23.4 Å². The van der Waals surface area contributed by atoms with E-state index >= 15 is 0 Å². The van der Waals surface area contributed by atoms with Crippen molar-refractivity contribution in [2.45, 2.75) is 37.8 Å². The smallest absolute Gasteiger partial charge is 0.258 e. The summed E-state index contributed by atoms with van der Waals surface area (Å²) in [6.07, 6.45) is 0.282. The maximum Gasteiger partial charge on any atom is 0.258 e. The van der Waals surface area contributed by atoms with Gasteiger partial charge in [0.15, 0.2) is 5.82 Å². The molecule has 0 bridgehead atoms. The lowest BCUT2D eigenvalue weighted by Gasteiger charge is -2.26. The number of anilines is 3. The van der Waals surface area contributed by atoms with E-state index in [2.05, 4.69) is 46.2 Å². The number of carbonyl (C=O) groups excluding carboxylic acids is 1. The van der Waals surface area contributed by atoms with Crippen LogP contribution in [-0.2, 0) is 23.0 Å².